The Morgan fingerprint density at radius 3 is 0.948 bits per heavy atom. The van der Waals surface area contributed by atoms with Crippen LogP contribution in [0.4, 0.5) is 0 Å². The molecule has 740 valence electrons. The highest BCUT2D eigenvalue weighted by molar-refractivity contribution is 5.19. The van der Waals surface area contributed by atoms with E-state index >= 15 is 0 Å². The molecule has 0 aliphatic rings. The second kappa shape index (κ2) is 52.9. The van der Waals surface area contributed by atoms with Crippen molar-refractivity contribution in [3.05, 3.63) is 271 Å². The molecule has 0 radical (unpaired) electrons. The van der Waals surface area contributed by atoms with E-state index in [1.165, 1.54) is 37.9 Å². The molecule has 0 saturated carbocycles. The molecule has 29 nitrogen and oxygen atoms in total. The minimum Gasteiger partial charge on any atom is -0.469 e. The number of furan rings is 1. The molecule has 0 aromatic carbocycles. The first kappa shape index (κ1) is 120. The van der Waals surface area contributed by atoms with Crippen LogP contribution < -0.4 is 0 Å². The number of hydrogen-bond donors (Lipinski definition) is 4. The Hall–Kier alpha value is -11.6. The molecule has 0 bridgehead atoms. The highest BCUT2D eigenvalue weighted by Gasteiger charge is 2.25. The molecule has 14 heterocycles. The summed E-state index contributed by atoms with van der Waals surface area (Å²) in [5.74, 6) is 3.55. The van der Waals surface area contributed by atoms with Gasteiger partial charge in [0.25, 0.3) is 0 Å². The third-order valence-corrected chi connectivity index (χ3v) is 18.6. The molecule has 14 aromatic rings. The van der Waals surface area contributed by atoms with Gasteiger partial charge >= 0.3 is 0 Å². The summed E-state index contributed by atoms with van der Waals surface area (Å²) in [6.07, 6.45) is 34.1. The Balaban J connectivity index is 0.000000722. The molecule has 0 unspecified atom stereocenters. The summed E-state index contributed by atoms with van der Waals surface area (Å²) in [7, 11) is 7.46. The fourth-order valence-corrected chi connectivity index (χ4v) is 9.80. The van der Waals surface area contributed by atoms with Crippen LogP contribution in [0, 0.1) is 0 Å². The number of hydrogen-bond acceptors (Lipinski definition) is 21. The van der Waals surface area contributed by atoms with Crippen LogP contribution in [-0.2, 0) is 104 Å². The summed E-state index contributed by atoms with van der Waals surface area (Å²) in [5.41, 5.74) is 13.7. The van der Waals surface area contributed by atoms with Gasteiger partial charge in [-0.05, 0) is 76.0 Å². The number of rotatable bonds is 0. The Labute approximate surface area is 805 Å². The Morgan fingerprint density at radius 1 is 0.299 bits per heavy atom. The molecule has 0 aliphatic heterocycles. The first-order valence-corrected chi connectivity index (χ1v) is 45.8. The molecule has 29 heteroatoms. The highest BCUT2D eigenvalue weighted by Crippen LogP contribution is 2.28. The van der Waals surface area contributed by atoms with Crippen LogP contribution in [-0.4, -0.2) is 135 Å². The lowest BCUT2D eigenvalue weighted by atomic mass is 9.88. The predicted octanol–water partition coefficient (Wildman–Crippen LogP) is 24.1. The minimum absolute atomic E-state index is 0.00819. The van der Waals surface area contributed by atoms with Gasteiger partial charge in [0.1, 0.15) is 17.8 Å². The van der Waals surface area contributed by atoms with Gasteiger partial charge in [0.05, 0.1) is 62.6 Å². The summed E-state index contributed by atoms with van der Waals surface area (Å²) in [6, 6.07) is 23.9. The van der Waals surface area contributed by atoms with Gasteiger partial charge in [-0.25, -0.2) is 24.9 Å². The van der Waals surface area contributed by atoms with Crippen molar-refractivity contribution in [3.8, 4) is 0 Å². The van der Waals surface area contributed by atoms with E-state index in [0.29, 0.717) is 0 Å². The second-order valence-electron chi connectivity index (χ2n) is 46.9. The van der Waals surface area contributed by atoms with Crippen molar-refractivity contribution in [1.29, 1.82) is 0 Å². The van der Waals surface area contributed by atoms with E-state index in [1.807, 2.05) is 115 Å². The van der Waals surface area contributed by atoms with Crippen molar-refractivity contribution in [2.24, 2.45) is 28.2 Å². The number of H-pyrrole nitrogens is 4. The number of nitrogens with zero attached hydrogens (tertiary/aromatic N) is 23. The maximum Gasteiger partial charge on any atom is 0.180 e. The average Bonchev–Trinajstić information content (AvgIpc) is 1.81. The SMILES string of the molecule is CC(C)(C)c1ccccn1.CC(C)(C)c1cccnc1.CC(C)(C)c1ccco1.CC(C)(C)c1ccn[nH]1.CC(C)(C)c1ccn[nH]1.CC(C)(C)c1ccncn1.CC(C)(C)c1ccno1.CC(C)(C)c1cnc[nH]1.CC(C)(C)c1cnc[nH]1.CC(C)(C)c1cnccn1.Cn1ccc(C(C)(C)C)n1.Cn1cnc(C(C)(C)C)c1.Cn1nnc(C(C)(C)C)n1.Cn1nnc(C(C)(C)C)n1. The van der Waals surface area contributed by atoms with E-state index in [-0.39, 0.29) is 75.8 Å². The van der Waals surface area contributed by atoms with Crippen molar-refractivity contribution in [2.45, 2.75) is 367 Å². The quantitative estimate of drug-likeness (QED) is 0.110. The number of imidazole rings is 3. The number of tetrazole rings is 2. The first-order chi connectivity index (χ1) is 61.0. The van der Waals surface area contributed by atoms with Crippen molar-refractivity contribution in [2.75, 3.05) is 0 Å². The molecule has 0 atom stereocenters. The van der Waals surface area contributed by atoms with Crippen LogP contribution >= 0.6 is 0 Å². The topological polar surface area (TPSA) is 354 Å². The monoisotopic (exact) mass is 1840 g/mol. The maximum atomic E-state index is 5.20. The molecule has 134 heavy (non-hydrogen) atoms. The summed E-state index contributed by atoms with van der Waals surface area (Å²) in [6.45, 7) is 89.6. The van der Waals surface area contributed by atoms with Gasteiger partial charge in [-0.2, -0.15) is 24.9 Å². The van der Waals surface area contributed by atoms with E-state index in [2.05, 4.69) is 431 Å². The number of aromatic nitrogens is 27. The maximum absolute atomic E-state index is 5.20. The summed E-state index contributed by atoms with van der Waals surface area (Å²) >= 11 is 0. The molecule has 14 rings (SSSR count). The average molecular weight is 1850 g/mol. The van der Waals surface area contributed by atoms with E-state index < -0.39 is 0 Å². The smallest absolute Gasteiger partial charge is 0.180 e. The van der Waals surface area contributed by atoms with Gasteiger partial charge in [0, 0.05) is 205 Å². The Morgan fingerprint density at radius 2 is 0.754 bits per heavy atom. The summed E-state index contributed by atoms with van der Waals surface area (Å²) in [5, 5.41) is 44.9. The van der Waals surface area contributed by atoms with Crippen molar-refractivity contribution in [1.82, 2.24) is 135 Å². The van der Waals surface area contributed by atoms with Crippen LogP contribution in [0.25, 0.3) is 0 Å². The van der Waals surface area contributed by atoms with E-state index in [9.17, 15) is 0 Å². The van der Waals surface area contributed by atoms with Crippen molar-refractivity contribution < 1.29 is 8.94 Å². The fourth-order valence-electron chi connectivity index (χ4n) is 9.80. The van der Waals surface area contributed by atoms with E-state index in [0.717, 1.165) is 51.6 Å². The molecular formula is C105H173N27O2. The molecular weight excluding hydrogens is 1670 g/mol. The van der Waals surface area contributed by atoms with Gasteiger partial charge < -0.3 is 23.5 Å². The molecule has 0 fully saturated rings. The molecule has 4 N–H and O–H groups in total. The molecule has 0 spiro atoms. The predicted molar refractivity (Wildman–Crippen MR) is 548 cm³/mol. The lowest BCUT2D eigenvalue weighted by Crippen LogP contribution is -2.13. The summed E-state index contributed by atoms with van der Waals surface area (Å²) in [4.78, 5) is 45.7. The largest absolute Gasteiger partial charge is 0.469 e. The van der Waals surface area contributed by atoms with Crippen LogP contribution in [0.15, 0.2) is 200 Å². The molecule has 14 aromatic heterocycles. The molecule has 0 aliphatic carbocycles. The zero-order chi connectivity index (χ0) is 103. The number of aryl methyl sites for hydroxylation is 4. The molecule has 0 amide bonds. The zero-order valence-corrected chi connectivity index (χ0v) is 91.0. The van der Waals surface area contributed by atoms with Gasteiger partial charge in [0.15, 0.2) is 11.6 Å². The van der Waals surface area contributed by atoms with Crippen molar-refractivity contribution in [3.63, 3.8) is 0 Å². The lowest BCUT2D eigenvalue weighted by molar-refractivity contribution is 0.329. The zero-order valence-electron chi connectivity index (χ0n) is 91.0. The Bertz CT molecular complexity index is 4480. The Kier molecular flexibility index (Phi) is 47.5. The highest BCUT2D eigenvalue weighted by atomic mass is 16.5. The lowest BCUT2D eigenvalue weighted by Gasteiger charge is -2.17. The van der Waals surface area contributed by atoms with Gasteiger partial charge in [0.2, 0.25) is 0 Å². The number of aromatic amines is 4. The third-order valence-electron chi connectivity index (χ3n) is 18.6. The number of pyridine rings is 2. The molecule has 0 saturated heterocycles. The van der Waals surface area contributed by atoms with E-state index in [1.54, 1.807) is 88.9 Å². The first-order valence-electron chi connectivity index (χ1n) is 45.8. The van der Waals surface area contributed by atoms with Gasteiger partial charge in [-0.3, -0.25) is 34.8 Å². The van der Waals surface area contributed by atoms with E-state index in [4.69, 9.17) is 8.94 Å². The second-order valence-corrected chi connectivity index (χ2v) is 46.9. The van der Waals surface area contributed by atoms with Gasteiger partial charge in [-0.1, -0.05) is 308 Å². The van der Waals surface area contributed by atoms with Crippen LogP contribution in [0.5, 0.6) is 0 Å². The van der Waals surface area contributed by atoms with Crippen molar-refractivity contribution >= 4 is 0 Å². The third kappa shape index (κ3) is 51.6. The normalized spacial score (nSPS) is 11.8. The minimum atomic E-state index is 0.00819. The van der Waals surface area contributed by atoms with Gasteiger partial charge in [-0.15, -0.1) is 20.4 Å². The number of nitrogens with one attached hydrogen (secondary N) is 4. The summed E-state index contributed by atoms with van der Waals surface area (Å²) < 4.78 is 14.0. The van der Waals surface area contributed by atoms with Crippen LogP contribution in [0.2, 0.25) is 0 Å². The van der Waals surface area contributed by atoms with Crippen LogP contribution in [0.1, 0.15) is 371 Å². The standard InChI is InChI=1S/2C9H13N.2C8H14N2.2C8H12N2.C8H12O.4C7H12N2.C7H11NO.2C6H12N4/c1-9(2,3)8-5-4-6-10-7-8;1-9(2,3)8-6-4-5-7-10-8;1-8(2,3)7-5-10(4)6-9-7;1-8(2,3)7-5-6-10(4)9-7;1-8(2,3)7-6-9-4-5-10-7;1-8(2,3)7-4-5-9-6-10-7;1-8(2,3)7-5-4-6-9-7;2*1-7(2,3)6-4-8-5-9-6;3*1-7(2,3)6-4-5-8-9-6;2*1-6(2,3)5-7-9-10(4)8-5/h2*4-7H,1-3H3;2*5-6H,1-4H3;2*4-6H,1-3H3;4-6H,1-3H3;4*4-5H,1-3H3,(H,8,9);4-5H,1-3H3;2*1-4H3. The van der Waals surface area contributed by atoms with Crippen LogP contribution in [0.3, 0.4) is 0 Å². The fraction of sp³-hybridized carbons (Fsp3) is 0.571.